The average Bonchev–Trinajstić information content (AvgIpc) is 3.54. The number of hydrogen-bond donors (Lipinski definition) is 1. The number of fused-ring (bicyclic) bond motifs is 2. The summed E-state index contributed by atoms with van der Waals surface area (Å²) < 4.78 is 31.1. The molecule has 9 heteroatoms. The van der Waals surface area contributed by atoms with Gasteiger partial charge in [0, 0.05) is 16.4 Å². The summed E-state index contributed by atoms with van der Waals surface area (Å²) in [4.78, 5) is 41.7. The molecule has 9 nitrogen and oxygen atoms in total. The van der Waals surface area contributed by atoms with Crippen LogP contribution in [0.2, 0.25) is 0 Å². The lowest BCUT2D eigenvalue weighted by atomic mass is 9.32. The third-order valence-corrected chi connectivity index (χ3v) is 13.9. The minimum atomic E-state index is -1.38. The number of epoxide rings is 1. The number of aliphatic hydroxyl groups is 1. The van der Waals surface area contributed by atoms with Gasteiger partial charge in [0.05, 0.1) is 41.5 Å². The molecule has 4 saturated heterocycles. The minimum Gasteiger partial charge on any atom is -0.472 e. The van der Waals surface area contributed by atoms with Gasteiger partial charge in [0.2, 0.25) is 0 Å². The maximum atomic E-state index is 15.3. The Balaban J connectivity index is 1.29. The number of ketones is 1. The molecule has 10 rings (SSSR count). The van der Waals surface area contributed by atoms with Crippen LogP contribution in [0.25, 0.3) is 0 Å². The highest BCUT2D eigenvalue weighted by atomic mass is 16.7. The topological polar surface area (TPSA) is 125 Å². The summed E-state index contributed by atoms with van der Waals surface area (Å²) in [5.41, 5.74) is -5.19. The fourth-order valence-corrected chi connectivity index (χ4v) is 12.3. The standard InChI is InChI=1S/C33H38O9/c1-28-13-9-20-30(33(28)26(42-33)27(37)40-25(28)18-10-14-38-16-18)11-6-12-32(24(36)23(30)35)29(2,19-7-4-3-5-8-19)41-21-15-22(34)39-17-31(20,21)32/h6,10,12,14,16,19-21,23,25-26,35H,3-5,7-9,11,13,15,17H2,1-2H3/t20-,21-,23+,25-,26+,28-,29+,30-,31-,32+,33+/m0/s1. The molecule has 11 atom stereocenters. The first-order valence-corrected chi connectivity index (χ1v) is 15.8. The van der Waals surface area contributed by atoms with Gasteiger partial charge in [-0.25, -0.2) is 4.79 Å². The van der Waals surface area contributed by atoms with Crippen LogP contribution in [0.1, 0.15) is 83.3 Å². The van der Waals surface area contributed by atoms with E-state index in [2.05, 4.69) is 19.9 Å². The van der Waals surface area contributed by atoms with Crippen molar-refractivity contribution in [2.24, 2.45) is 33.5 Å². The van der Waals surface area contributed by atoms with Crippen LogP contribution in [0, 0.1) is 33.5 Å². The summed E-state index contributed by atoms with van der Waals surface area (Å²) in [7, 11) is 0. The maximum absolute atomic E-state index is 15.3. The van der Waals surface area contributed by atoms with Crippen LogP contribution in [0.3, 0.4) is 0 Å². The number of aliphatic hydroxyl groups excluding tert-OH is 1. The Morgan fingerprint density at radius 2 is 1.79 bits per heavy atom. The number of carbonyl (C=O) groups is 3. The highest BCUT2D eigenvalue weighted by Gasteiger charge is 2.94. The number of cyclic esters (lactones) is 2. The van der Waals surface area contributed by atoms with Gasteiger partial charge in [-0.3, -0.25) is 9.59 Å². The Bertz CT molecular complexity index is 1430. The number of ether oxygens (including phenoxy) is 4. The Morgan fingerprint density at radius 3 is 2.55 bits per heavy atom. The summed E-state index contributed by atoms with van der Waals surface area (Å²) in [6, 6.07) is 1.81. The number of esters is 2. The predicted molar refractivity (Wildman–Crippen MR) is 143 cm³/mol. The maximum Gasteiger partial charge on any atom is 0.339 e. The summed E-state index contributed by atoms with van der Waals surface area (Å²) >= 11 is 0. The molecule has 224 valence electrons. The minimum absolute atomic E-state index is 0.0566. The molecular formula is C33H38O9. The lowest BCUT2D eigenvalue weighted by Gasteiger charge is -2.69. The molecule has 5 aliphatic carbocycles. The Morgan fingerprint density at radius 1 is 0.976 bits per heavy atom. The van der Waals surface area contributed by atoms with Crippen LogP contribution in [0.5, 0.6) is 0 Å². The fraction of sp³-hybridized carbons (Fsp3) is 0.727. The van der Waals surface area contributed by atoms with Crippen molar-refractivity contribution in [1.29, 1.82) is 0 Å². The van der Waals surface area contributed by atoms with E-state index in [0.717, 1.165) is 37.7 Å². The van der Waals surface area contributed by atoms with Crippen molar-refractivity contribution < 1.29 is 42.9 Å². The van der Waals surface area contributed by atoms with Crippen LogP contribution in [0.4, 0.5) is 0 Å². The van der Waals surface area contributed by atoms with Gasteiger partial charge in [-0.1, -0.05) is 38.3 Å². The SMILES string of the molecule is C[C@@]12CC[C@@H]3[C@@]45COC(=O)C[C@@H]4O[C@](C)(C4CCCCC4)[C@]54C=CC[C@]3([C@H](O)C4=O)[C@]13O[C@@H]3C(=O)O[C@H]2c1ccoc1. The van der Waals surface area contributed by atoms with E-state index in [1.54, 1.807) is 18.6 Å². The lowest BCUT2D eigenvalue weighted by Crippen LogP contribution is -2.79. The number of allylic oxidation sites excluding steroid dienone is 1. The zero-order chi connectivity index (χ0) is 28.9. The van der Waals surface area contributed by atoms with Gasteiger partial charge in [-0.15, -0.1) is 0 Å². The van der Waals surface area contributed by atoms with Crippen LogP contribution in [-0.4, -0.2) is 58.9 Å². The molecule has 5 heterocycles. The second-order valence-corrected chi connectivity index (χ2v) is 14.8. The number of rotatable bonds is 2. The first-order valence-electron chi connectivity index (χ1n) is 15.8. The van der Waals surface area contributed by atoms with E-state index < -0.39 is 63.2 Å². The zero-order valence-corrected chi connectivity index (χ0v) is 24.1. The first kappa shape index (κ1) is 26.0. The molecule has 2 bridgehead atoms. The molecule has 1 aromatic heterocycles. The van der Waals surface area contributed by atoms with Crippen molar-refractivity contribution >= 4 is 17.7 Å². The van der Waals surface area contributed by atoms with Crippen LogP contribution >= 0.6 is 0 Å². The molecule has 3 saturated carbocycles. The van der Waals surface area contributed by atoms with Gasteiger partial charge in [-0.05, 0) is 56.9 Å². The summed E-state index contributed by atoms with van der Waals surface area (Å²) in [5, 5.41) is 12.6. The van der Waals surface area contributed by atoms with Gasteiger partial charge >= 0.3 is 11.9 Å². The van der Waals surface area contributed by atoms with Gasteiger partial charge in [-0.2, -0.15) is 0 Å². The van der Waals surface area contributed by atoms with Crippen molar-refractivity contribution in [3.8, 4) is 0 Å². The van der Waals surface area contributed by atoms with Gasteiger partial charge in [0.1, 0.15) is 24.4 Å². The van der Waals surface area contributed by atoms with Crippen molar-refractivity contribution in [3.63, 3.8) is 0 Å². The zero-order valence-electron chi connectivity index (χ0n) is 24.1. The Kier molecular flexibility index (Phi) is 4.80. The van der Waals surface area contributed by atoms with Gasteiger partial charge in [0.15, 0.2) is 11.9 Å². The van der Waals surface area contributed by atoms with E-state index in [1.807, 2.05) is 6.08 Å². The number of carbonyl (C=O) groups excluding carboxylic acids is 3. The number of hydrogen-bond acceptors (Lipinski definition) is 9. The van der Waals surface area contributed by atoms with E-state index in [9.17, 15) is 14.7 Å². The van der Waals surface area contributed by atoms with Crippen molar-refractivity contribution in [1.82, 2.24) is 0 Å². The van der Waals surface area contributed by atoms with Gasteiger partial charge in [0.25, 0.3) is 0 Å². The smallest absolute Gasteiger partial charge is 0.339 e. The molecule has 1 aromatic rings. The average molecular weight is 579 g/mol. The molecule has 4 spiro atoms. The number of Topliss-reactive ketones (excluding diaryl/α,β-unsaturated/α-hetero) is 1. The highest BCUT2D eigenvalue weighted by Crippen LogP contribution is 2.84. The molecule has 0 aromatic carbocycles. The largest absolute Gasteiger partial charge is 0.472 e. The summed E-state index contributed by atoms with van der Waals surface area (Å²) in [6.45, 7) is 4.19. The van der Waals surface area contributed by atoms with Crippen LogP contribution in [-0.2, 0) is 33.3 Å². The third kappa shape index (κ3) is 2.39. The van der Waals surface area contributed by atoms with Crippen molar-refractivity contribution in [2.45, 2.75) is 107 Å². The second kappa shape index (κ2) is 7.77. The molecule has 9 aliphatic rings. The Labute approximate surface area is 244 Å². The number of furan rings is 1. The summed E-state index contributed by atoms with van der Waals surface area (Å²) in [5.74, 6) is -1.24. The molecule has 4 aliphatic heterocycles. The molecule has 42 heavy (non-hydrogen) atoms. The van der Waals surface area contributed by atoms with Gasteiger partial charge < -0.3 is 28.5 Å². The van der Waals surface area contributed by atoms with E-state index in [4.69, 9.17) is 23.4 Å². The highest BCUT2D eigenvalue weighted by molar-refractivity contribution is 5.97. The molecule has 1 N–H and O–H groups in total. The van der Waals surface area contributed by atoms with Crippen LogP contribution < -0.4 is 0 Å². The van der Waals surface area contributed by atoms with E-state index in [-0.39, 0.29) is 36.6 Å². The monoisotopic (exact) mass is 578 g/mol. The molecule has 0 amide bonds. The van der Waals surface area contributed by atoms with Crippen molar-refractivity contribution in [2.75, 3.05) is 6.61 Å². The Hall–Kier alpha value is -2.49. The van der Waals surface area contributed by atoms with Crippen LogP contribution in [0.15, 0.2) is 35.2 Å². The third-order valence-electron chi connectivity index (χ3n) is 13.9. The molecular weight excluding hydrogens is 540 g/mol. The van der Waals surface area contributed by atoms with E-state index in [0.29, 0.717) is 19.3 Å². The normalized spacial score (nSPS) is 54.1. The molecule has 0 unspecified atom stereocenters. The molecule has 7 fully saturated rings. The quantitative estimate of drug-likeness (QED) is 0.315. The van der Waals surface area contributed by atoms with Crippen molar-refractivity contribution in [3.05, 3.63) is 36.3 Å². The second-order valence-electron chi connectivity index (χ2n) is 14.8. The first-order chi connectivity index (χ1) is 20.1. The molecule has 0 radical (unpaired) electrons. The van der Waals surface area contributed by atoms with E-state index in [1.165, 1.54) is 0 Å². The fourth-order valence-electron chi connectivity index (χ4n) is 12.3. The van der Waals surface area contributed by atoms with E-state index >= 15 is 4.79 Å². The predicted octanol–water partition coefficient (Wildman–Crippen LogP) is 3.98. The lowest BCUT2D eigenvalue weighted by molar-refractivity contribution is -0.262. The summed E-state index contributed by atoms with van der Waals surface area (Å²) in [6.07, 6.45) is 10.7.